The topological polar surface area (TPSA) is 61.0 Å². The number of aryl methyl sites for hydroxylation is 1. The van der Waals surface area contributed by atoms with Gasteiger partial charge in [0.1, 0.15) is 0 Å². The monoisotopic (exact) mass is 251 g/mol. The highest BCUT2D eigenvalue weighted by Crippen LogP contribution is 2.20. The molecule has 0 bridgehead atoms. The first-order valence-electron chi connectivity index (χ1n) is 4.98. The van der Waals surface area contributed by atoms with Crippen molar-refractivity contribution in [3.8, 4) is 5.69 Å². The molecule has 1 aromatic heterocycles. The van der Waals surface area contributed by atoms with E-state index in [9.17, 15) is 10.1 Å². The zero-order valence-electron chi connectivity index (χ0n) is 9.13. The lowest BCUT2D eigenvalue weighted by Gasteiger charge is -2.05. The van der Waals surface area contributed by atoms with E-state index >= 15 is 0 Å². The molecule has 0 spiro atoms. The van der Waals surface area contributed by atoms with Crippen molar-refractivity contribution in [3.05, 3.63) is 51.8 Å². The molecule has 0 unspecified atom stereocenters. The molecular weight excluding hydrogens is 242 g/mol. The molecule has 17 heavy (non-hydrogen) atoms. The van der Waals surface area contributed by atoms with Crippen LogP contribution in [-0.4, -0.2) is 14.7 Å². The second-order valence-electron chi connectivity index (χ2n) is 3.61. The van der Waals surface area contributed by atoms with E-state index in [0.29, 0.717) is 11.6 Å². The first-order valence-corrected chi connectivity index (χ1v) is 5.51. The van der Waals surface area contributed by atoms with Gasteiger partial charge in [-0.2, -0.15) is 5.10 Å². The Hall–Kier alpha value is -1.88. The fourth-order valence-electron chi connectivity index (χ4n) is 1.53. The van der Waals surface area contributed by atoms with Crippen LogP contribution < -0.4 is 0 Å². The Morgan fingerprint density at radius 2 is 2.24 bits per heavy atom. The molecule has 0 radical (unpaired) electrons. The lowest BCUT2D eigenvalue weighted by molar-refractivity contribution is -0.384. The lowest BCUT2D eigenvalue weighted by Crippen LogP contribution is -2.00. The van der Waals surface area contributed by atoms with E-state index in [1.54, 1.807) is 23.0 Å². The van der Waals surface area contributed by atoms with Crippen molar-refractivity contribution < 1.29 is 4.92 Å². The molecule has 88 valence electrons. The van der Waals surface area contributed by atoms with Crippen LogP contribution in [0.4, 0.5) is 5.69 Å². The molecule has 0 atom stereocenters. The van der Waals surface area contributed by atoms with Crippen LogP contribution in [0.25, 0.3) is 5.69 Å². The number of rotatable bonds is 3. The second kappa shape index (κ2) is 4.55. The molecule has 5 nitrogen and oxygen atoms in total. The van der Waals surface area contributed by atoms with Crippen molar-refractivity contribution >= 4 is 17.3 Å². The van der Waals surface area contributed by atoms with Crippen molar-refractivity contribution in [2.24, 2.45) is 0 Å². The maximum atomic E-state index is 10.7. The van der Waals surface area contributed by atoms with Gasteiger partial charge in [-0.15, -0.1) is 11.6 Å². The minimum Gasteiger partial charge on any atom is -0.258 e. The van der Waals surface area contributed by atoms with Crippen LogP contribution in [0.2, 0.25) is 0 Å². The van der Waals surface area contributed by atoms with Gasteiger partial charge < -0.3 is 0 Å². The van der Waals surface area contributed by atoms with Crippen LogP contribution >= 0.6 is 11.6 Å². The Kier molecular flexibility index (Phi) is 3.10. The molecule has 2 rings (SSSR count). The van der Waals surface area contributed by atoms with Gasteiger partial charge in [0, 0.05) is 18.3 Å². The van der Waals surface area contributed by atoms with E-state index in [1.807, 2.05) is 6.92 Å². The average molecular weight is 252 g/mol. The van der Waals surface area contributed by atoms with Crippen molar-refractivity contribution in [1.29, 1.82) is 0 Å². The number of alkyl halides is 1. The van der Waals surface area contributed by atoms with E-state index in [-0.39, 0.29) is 5.69 Å². The SMILES string of the molecule is Cc1ccc([N+](=O)[O-])cc1-n1ccc(CCl)n1. The summed E-state index contributed by atoms with van der Waals surface area (Å²) in [6.45, 7) is 1.88. The summed E-state index contributed by atoms with van der Waals surface area (Å²) in [6, 6.07) is 6.46. The lowest BCUT2D eigenvalue weighted by atomic mass is 10.2. The highest BCUT2D eigenvalue weighted by molar-refractivity contribution is 6.16. The molecule has 6 heteroatoms. The van der Waals surface area contributed by atoms with Crippen molar-refractivity contribution in [2.45, 2.75) is 12.8 Å². The Bertz CT molecular complexity index is 566. The summed E-state index contributed by atoms with van der Waals surface area (Å²) < 4.78 is 1.60. The third kappa shape index (κ3) is 2.29. The van der Waals surface area contributed by atoms with Crippen molar-refractivity contribution in [2.75, 3.05) is 0 Å². The van der Waals surface area contributed by atoms with Crippen molar-refractivity contribution in [1.82, 2.24) is 9.78 Å². The van der Waals surface area contributed by atoms with Gasteiger partial charge in [0.15, 0.2) is 0 Å². The first kappa shape index (κ1) is 11.6. The number of nitro benzene ring substituents is 1. The van der Waals surface area contributed by atoms with E-state index in [1.165, 1.54) is 12.1 Å². The number of non-ortho nitro benzene ring substituents is 1. The molecule has 0 N–H and O–H groups in total. The minimum absolute atomic E-state index is 0.0496. The summed E-state index contributed by atoms with van der Waals surface area (Å²) in [5, 5.41) is 14.9. The quantitative estimate of drug-likeness (QED) is 0.479. The predicted octanol–water partition coefficient (Wildman–Crippen LogP) is 2.83. The van der Waals surface area contributed by atoms with E-state index < -0.39 is 4.92 Å². The molecule has 0 amide bonds. The van der Waals surface area contributed by atoms with Crippen LogP contribution in [0.1, 0.15) is 11.3 Å². The van der Waals surface area contributed by atoms with E-state index in [0.717, 1.165) is 11.3 Å². The smallest absolute Gasteiger partial charge is 0.258 e. The van der Waals surface area contributed by atoms with Crippen LogP contribution in [-0.2, 0) is 5.88 Å². The largest absolute Gasteiger partial charge is 0.271 e. The van der Waals surface area contributed by atoms with Gasteiger partial charge in [-0.05, 0) is 18.6 Å². The summed E-state index contributed by atoms with van der Waals surface area (Å²) in [5.41, 5.74) is 2.39. The highest BCUT2D eigenvalue weighted by Gasteiger charge is 2.10. The summed E-state index contributed by atoms with van der Waals surface area (Å²) in [7, 11) is 0. The Morgan fingerprint density at radius 3 is 2.82 bits per heavy atom. The van der Waals surface area contributed by atoms with Gasteiger partial charge in [-0.25, -0.2) is 4.68 Å². The zero-order chi connectivity index (χ0) is 12.4. The van der Waals surface area contributed by atoms with Gasteiger partial charge in [0.2, 0.25) is 0 Å². The molecular formula is C11H10ClN3O2. The zero-order valence-corrected chi connectivity index (χ0v) is 9.89. The molecule has 0 fully saturated rings. The van der Waals surface area contributed by atoms with Gasteiger partial charge >= 0.3 is 0 Å². The highest BCUT2D eigenvalue weighted by atomic mass is 35.5. The molecule has 0 aliphatic rings. The Balaban J connectivity index is 2.49. The van der Waals surface area contributed by atoms with E-state index in [4.69, 9.17) is 11.6 Å². The maximum absolute atomic E-state index is 10.7. The fourth-order valence-corrected chi connectivity index (χ4v) is 1.67. The number of nitro groups is 1. The third-order valence-corrected chi connectivity index (χ3v) is 2.71. The first-order chi connectivity index (χ1) is 8.11. The van der Waals surface area contributed by atoms with Crippen LogP contribution in [0.5, 0.6) is 0 Å². The number of halogens is 1. The number of benzene rings is 1. The van der Waals surface area contributed by atoms with E-state index in [2.05, 4.69) is 5.10 Å². The van der Waals surface area contributed by atoms with Gasteiger partial charge in [0.05, 0.1) is 22.2 Å². The molecule has 2 aromatic rings. The summed E-state index contributed by atoms with van der Waals surface area (Å²) in [6.07, 6.45) is 1.74. The maximum Gasteiger partial charge on any atom is 0.271 e. The summed E-state index contributed by atoms with van der Waals surface area (Å²) >= 11 is 5.67. The third-order valence-electron chi connectivity index (χ3n) is 2.43. The minimum atomic E-state index is -0.422. The summed E-state index contributed by atoms with van der Waals surface area (Å²) in [4.78, 5) is 10.3. The standard InChI is InChI=1S/C11H10ClN3O2/c1-8-2-3-10(15(16)17)6-11(8)14-5-4-9(7-12)13-14/h2-6H,7H2,1H3. The van der Waals surface area contributed by atoms with Crippen LogP contribution in [0.3, 0.4) is 0 Å². The molecule has 0 saturated heterocycles. The second-order valence-corrected chi connectivity index (χ2v) is 3.88. The number of hydrogen-bond donors (Lipinski definition) is 0. The fraction of sp³-hybridized carbons (Fsp3) is 0.182. The normalized spacial score (nSPS) is 10.5. The Labute approximate surface area is 103 Å². The van der Waals surface area contributed by atoms with Gasteiger partial charge in [0.25, 0.3) is 5.69 Å². The molecule has 0 aliphatic carbocycles. The molecule has 0 saturated carbocycles. The number of nitrogens with zero attached hydrogens (tertiary/aromatic N) is 3. The molecule has 1 heterocycles. The van der Waals surface area contributed by atoms with Gasteiger partial charge in [-0.1, -0.05) is 6.07 Å². The van der Waals surface area contributed by atoms with Crippen LogP contribution in [0, 0.1) is 17.0 Å². The molecule has 0 aliphatic heterocycles. The Morgan fingerprint density at radius 1 is 1.47 bits per heavy atom. The summed E-state index contributed by atoms with van der Waals surface area (Å²) in [5.74, 6) is 0.320. The molecule has 1 aromatic carbocycles. The van der Waals surface area contributed by atoms with Gasteiger partial charge in [-0.3, -0.25) is 10.1 Å². The average Bonchev–Trinajstić information content (AvgIpc) is 2.77. The number of hydrogen-bond acceptors (Lipinski definition) is 3. The number of aromatic nitrogens is 2. The van der Waals surface area contributed by atoms with Crippen molar-refractivity contribution in [3.63, 3.8) is 0 Å². The predicted molar refractivity (Wildman–Crippen MR) is 64.5 cm³/mol. The van der Waals surface area contributed by atoms with Crippen LogP contribution in [0.15, 0.2) is 30.5 Å².